The Morgan fingerprint density at radius 1 is 1.35 bits per heavy atom. The number of aliphatic carboxylic acids is 1. The van der Waals surface area contributed by atoms with E-state index in [1.165, 1.54) is 0 Å². The topological polar surface area (TPSA) is 67.8 Å². The molecule has 2 N–H and O–H groups in total. The second-order valence-electron chi connectivity index (χ2n) is 4.57. The molecule has 1 atom stereocenters. The largest absolute Gasteiger partial charge is 0.493 e. The Morgan fingerprint density at radius 2 is 2.10 bits per heavy atom. The summed E-state index contributed by atoms with van der Waals surface area (Å²) in [5, 5.41) is 12.2. The summed E-state index contributed by atoms with van der Waals surface area (Å²) in [4.78, 5) is 11.2. The number of carbonyl (C=O) groups is 1. The summed E-state index contributed by atoms with van der Waals surface area (Å²) in [5.41, 5.74) is 0.884. The number of ether oxygens (including phenoxy) is 2. The lowest BCUT2D eigenvalue weighted by Crippen LogP contribution is -2.36. The van der Waals surface area contributed by atoms with Crippen molar-refractivity contribution < 1.29 is 19.4 Å². The van der Waals surface area contributed by atoms with Crippen LogP contribution in [0.5, 0.6) is 11.5 Å². The Kier molecular flexibility index (Phi) is 6.87. The van der Waals surface area contributed by atoms with Crippen molar-refractivity contribution >= 4 is 5.97 Å². The Balaban J connectivity index is 2.74. The maximum absolute atomic E-state index is 11.2. The number of para-hydroxylation sites is 1. The van der Waals surface area contributed by atoms with Gasteiger partial charge in [-0.15, -0.1) is 0 Å². The molecule has 1 aromatic rings. The number of benzene rings is 1. The van der Waals surface area contributed by atoms with Gasteiger partial charge in [0.2, 0.25) is 0 Å². The first-order chi connectivity index (χ1) is 9.63. The summed E-state index contributed by atoms with van der Waals surface area (Å²) in [7, 11) is 3.16. The molecule has 0 saturated heterocycles. The van der Waals surface area contributed by atoms with Crippen LogP contribution in [0, 0.1) is 0 Å². The lowest BCUT2D eigenvalue weighted by atomic mass is 10.1. The Morgan fingerprint density at radius 3 is 2.65 bits per heavy atom. The van der Waals surface area contributed by atoms with E-state index in [0.29, 0.717) is 24.5 Å². The van der Waals surface area contributed by atoms with Crippen molar-refractivity contribution in [1.29, 1.82) is 0 Å². The fraction of sp³-hybridized carbons (Fsp3) is 0.533. The van der Waals surface area contributed by atoms with Crippen LogP contribution in [0.25, 0.3) is 0 Å². The van der Waals surface area contributed by atoms with Crippen LogP contribution in [0.4, 0.5) is 0 Å². The molecular weight excluding hydrogens is 258 g/mol. The molecule has 1 unspecified atom stereocenters. The van der Waals surface area contributed by atoms with Gasteiger partial charge in [-0.2, -0.15) is 0 Å². The van der Waals surface area contributed by atoms with Crippen molar-refractivity contribution in [2.24, 2.45) is 0 Å². The molecule has 0 radical (unpaired) electrons. The van der Waals surface area contributed by atoms with Crippen LogP contribution in [-0.4, -0.2) is 31.3 Å². The van der Waals surface area contributed by atoms with Gasteiger partial charge in [-0.05, 0) is 12.5 Å². The van der Waals surface area contributed by atoms with Gasteiger partial charge in [-0.1, -0.05) is 31.9 Å². The van der Waals surface area contributed by atoms with Crippen LogP contribution >= 0.6 is 0 Å². The Bertz CT molecular complexity index is 434. The van der Waals surface area contributed by atoms with Gasteiger partial charge in [-0.3, -0.25) is 4.79 Å². The molecule has 0 aliphatic carbocycles. The molecule has 0 fully saturated rings. The van der Waals surface area contributed by atoms with Crippen molar-refractivity contribution in [3.63, 3.8) is 0 Å². The van der Waals surface area contributed by atoms with Gasteiger partial charge in [0.1, 0.15) is 6.04 Å². The van der Waals surface area contributed by atoms with Gasteiger partial charge in [-0.25, -0.2) is 0 Å². The lowest BCUT2D eigenvalue weighted by molar-refractivity contribution is -0.139. The third-order valence-corrected chi connectivity index (χ3v) is 3.17. The number of hydrogen-bond acceptors (Lipinski definition) is 4. The zero-order valence-corrected chi connectivity index (χ0v) is 12.3. The van der Waals surface area contributed by atoms with Gasteiger partial charge < -0.3 is 19.9 Å². The van der Waals surface area contributed by atoms with Gasteiger partial charge in [0.25, 0.3) is 0 Å². The molecule has 1 rings (SSSR count). The second kappa shape index (κ2) is 8.43. The number of rotatable bonds is 9. The molecule has 0 bridgehead atoms. The average Bonchev–Trinajstić information content (AvgIpc) is 2.46. The first-order valence-corrected chi connectivity index (χ1v) is 6.80. The molecule has 1 aromatic carbocycles. The van der Waals surface area contributed by atoms with Crippen molar-refractivity contribution in [2.45, 2.75) is 38.8 Å². The van der Waals surface area contributed by atoms with Crippen LogP contribution < -0.4 is 14.8 Å². The summed E-state index contributed by atoms with van der Waals surface area (Å²) < 4.78 is 10.6. The van der Waals surface area contributed by atoms with E-state index in [1.807, 2.05) is 25.1 Å². The first kappa shape index (κ1) is 16.3. The third-order valence-electron chi connectivity index (χ3n) is 3.17. The van der Waals surface area contributed by atoms with E-state index in [9.17, 15) is 9.90 Å². The monoisotopic (exact) mass is 281 g/mol. The number of methoxy groups -OCH3 is 2. The molecule has 20 heavy (non-hydrogen) atoms. The van der Waals surface area contributed by atoms with E-state index in [1.54, 1.807) is 14.2 Å². The zero-order valence-electron chi connectivity index (χ0n) is 12.3. The van der Waals surface area contributed by atoms with Crippen molar-refractivity contribution in [1.82, 2.24) is 5.32 Å². The molecule has 112 valence electrons. The molecule has 0 amide bonds. The molecule has 0 spiro atoms. The fourth-order valence-corrected chi connectivity index (χ4v) is 2.05. The summed E-state index contributed by atoms with van der Waals surface area (Å²) in [5.74, 6) is 0.467. The number of carboxylic acid groups (broad SMARTS) is 1. The van der Waals surface area contributed by atoms with Crippen molar-refractivity contribution in [3.8, 4) is 11.5 Å². The standard InChI is InChI=1S/C15H23NO4/c1-4-5-8-12(15(17)18)16-10-11-7-6-9-13(19-2)14(11)20-3/h6-7,9,12,16H,4-5,8,10H2,1-3H3,(H,17,18). The molecule has 0 aromatic heterocycles. The summed E-state index contributed by atoms with van der Waals surface area (Å²) >= 11 is 0. The lowest BCUT2D eigenvalue weighted by Gasteiger charge is -2.17. The minimum atomic E-state index is -0.819. The highest BCUT2D eigenvalue weighted by molar-refractivity contribution is 5.73. The fourth-order valence-electron chi connectivity index (χ4n) is 2.05. The van der Waals surface area contributed by atoms with Gasteiger partial charge in [0.15, 0.2) is 11.5 Å². The van der Waals surface area contributed by atoms with E-state index < -0.39 is 12.0 Å². The van der Waals surface area contributed by atoms with Gasteiger partial charge >= 0.3 is 5.97 Å². The van der Waals surface area contributed by atoms with Crippen LogP contribution in [0.3, 0.4) is 0 Å². The molecule has 0 saturated carbocycles. The zero-order chi connectivity index (χ0) is 15.0. The Hall–Kier alpha value is -1.75. The van der Waals surface area contributed by atoms with Crippen molar-refractivity contribution in [3.05, 3.63) is 23.8 Å². The van der Waals surface area contributed by atoms with E-state index >= 15 is 0 Å². The SMILES string of the molecule is CCCCC(NCc1cccc(OC)c1OC)C(=O)O. The van der Waals surface area contributed by atoms with Gasteiger partial charge in [0, 0.05) is 12.1 Å². The summed E-state index contributed by atoms with van der Waals surface area (Å²) in [6, 6.07) is 5.03. The Labute approximate surface area is 119 Å². The van der Waals surface area contributed by atoms with Gasteiger partial charge in [0.05, 0.1) is 14.2 Å². The summed E-state index contributed by atoms with van der Waals surface area (Å²) in [6.07, 6.45) is 2.49. The number of unbranched alkanes of at least 4 members (excludes halogenated alkanes) is 1. The number of hydrogen-bond donors (Lipinski definition) is 2. The molecule has 5 heteroatoms. The number of nitrogens with one attached hydrogen (secondary N) is 1. The minimum Gasteiger partial charge on any atom is -0.493 e. The highest BCUT2D eigenvalue weighted by Gasteiger charge is 2.17. The predicted octanol–water partition coefficient (Wildman–Crippen LogP) is 2.44. The third kappa shape index (κ3) is 4.42. The van der Waals surface area contributed by atoms with Crippen LogP contribution in [0.2, 0.25) is 0 Å². The molecule has 0 heterocycles. The predicted molar refractivity (Wildman–Crippen MR) is 77.3 cm³/mol. The van der Waals surface area contributed by atoms with Crippen LogP contribution in [-0.2, 0) is 11.3 Å². The summed E-state index contributed by atoms with van der Waals surface area (Å²) in [6.45, 7) is 2.48. The van der Waals surface area contributed by atoms with E-state index in [2.05, 4.69) is 5.32 Å². The van der Waals surface area contributed by atoms with Crippen LogP contribution in [0.1, 0.15) is 31.7 Å². The highest BCUT2D eigenvalue weighted by Crippen LogP contribution is 2.30. The minimum absolute atomic E-state index is 0.432. The number of carboxylic acids is 1. The quantitative estimate of drug-likeness (QED) is 0.727. The smallest absolute Gasteiger partial charge is 0.320 e. The van der Waals surface area contributed by atoms with E-state index in [0.717, 1.165) is 18.4 Å². The molecule has 0 aliphatic heterocycles. The normalized spacial score (nSPS) is 11.9. The van der Waals surface area contributed by atoms with E-state index in [-0.39, 0.29) is 0 Å². The second-order valence-corrected chi connectivity index (χ2v) is 4.57. The maximum Gasteiger partial charge on any atom is 0.320 e. The maximum atomic E-state index is 11.2. The molecular formula is C15H23NO4. The van der Waals surface area contributed by atoms with Crippen molar-refractivity contribution in [2.75, 3.05) is 14.2 Å². The molecule has 0 aliphatic rings. The first-order valence-electron chi connectivity index (χ1n) is 6.80. The highest BCUT2D eigenvalue weighted by atomic mass is 16.5. The van der Waals surface area contributed by atoms with Crippen LogP contribution in [0.15, 0.2) is 18.2 Å². The molecule has 5 nitrogen and oxygen atoms in total. The van der Waals surface area contributed by atoms with E-state index in [4.69, 9.17) is 9.47 Å². The average molecular weight is 281 g/mol.